The molecule has 9 aromatic carbocycles. The molecule has 0 aliphatic rings. The van der Waals surface area contributed by atoms with Crippen molar-refractivity contribution in [2.24, 2.45) is 17.2 Å². The number of methoxy groups -OCH3 is 1. The lowest BCUT2D eigenvalue weighted by atomic mass is 10.0. The van der Waals surface area contributed by atoms with Gasteiger partial charge in [-0.05, 0) is 134 Å². The summed E-state index contributed by atoms with van der Waals surface area (Å²) in [6.45, 7) is 10.7. The van der Waals surface area contributed by atoms with Gasteiger partial charge in [0.2, 0.25) is 0 Å². The molecule has 0 fully saturated rings. The van der Waals surface area contributed by atoms with Gasteiger partial charge in [0.05, 0.1) is 29.7 Å². The van der Waals surface area contributed by atoms with Gasteiger partial charge in [-0.3, -0.25) is 28.8 Å². The molecular formula is C79H75N15O8. The van der Waals surface area contributed by atoms with Crippen LogP contribution in [-0.4, -0.2) is 77.9 Å². The SMILES string of the molecule is COC(=O)c1ccc(-n2nc(-c3ccc(CNC(=O)c4ccccc4C)cc3)c(C(N)=O)c2N)cc1.Cc1ccc(-n2nc(-c3ccc(CNC(=O)c4ccccc4C)cc3)c(C(N)=O)c2N)cc1.Cc1ccccc1C(=O)NCc1ccc(-c2nn(-c3ccccc3C)c(N)c2C(N)=O)cc1. The number of esters is 1. The zero-order valence-electron chi connectivity index (χ0n) is 56.8. The van der Waals surface area contributed by atoms with Crippen LogP contribution in [0.1, 0.15) is 117 Å². The number of hydrogen-bond donors (Lipinski definition) is 9. The van der Waals surface area contributed by atoms with Crippen LogP contribution in [0.5, 0.6) is 0 Å². The smallest absolute Gasteiger partial charge is 0.337 e. The molecule has 23 heteroatoms. The van der Waals surface area contributed by atoms with Gasteiger partial charge < -0.3 is 55.1 Å². The molecule has 15 N–H and O–H groups in total. The number of nitrogens with two attached hydrogens (primary N) is 6. The van der Waals surface area contributed by atoms with Crippen LogP contribution in [0, 0.1) is 34.6 Å². The Bertz CT molecular complexity index is 5120. The summed E-state index contributed by atoms with van der Waals surface area (Å²) < 4.78 is 9.17. The van der Waals surface area contributed by atoms with Gasteiger partial charge in [-0.25, -0.2) is 18.8 Å². The van der Waals surface area contributed by atoms with E-state index in [1.807, 2.05) is 198 Å². The second-order valence-electron chi connectivity index (χ2n) is 23.9. The van der Waals surface area contributed by atoms with Gasteiger partial charge in [-0.1, -0.05) is 163 Å². The Labute approximate surface area is 588 Å². The molecule has 0 spiro atoms. The highest BCUT2D eigenvalue weighted by molar-refractivity contribution is 6.06. The van der Waals surface area contributed by atoms with Crippen LogP contribution in [0.15, 0.2) is 218 Å². The average molecular weight is 1360 g/mol. The number of carbonyl (C=O) groups is 7. The number of aryl methyl sites for hydroxylation is 5. The van der Waals surface area contributed by atoms with Crippen LogP contribution >= 0.6 is 0 Å². The first-order valence-corrected chi connectivity index (χ1v) is 32.2. The van der Waals surface area contributed by atoms with Gasteiger partial charge in [0.25, 0.3) is 35.4 Å². The van der Waals surface area contributed by atoms with E-state index < -0.39 is 23.7 Å². The minimum Gasteiger partial charge on any atom is -0.465 e. The number of anilines is 3. The number of carbonyl (C=O) groups excluding carboxylic acids is 7. The highest BCUT2D eigenvalue weighted by atomic mass is 16.5. The molecule has 0 aliphatic carbocycles. The number of nitrogens with one attached hydrogen (secondary N) is 3. The van der Waals surface area contributed by atoms with E-state index in [0.717, 1.165) is 55.9 Å². The third-order valence-corrected chi connectivity index (χ3v) is 16.9. The molecule has 12 aromatic rings. The maximum absolute atomic E-state index is 12.5. The van der Waals surface area contributed by atoms with Crippen molar-refractivity contribution in [3.05, 3.63) is 302 Å². The second-order valence-corrected chi connectivity index (χ2v) is 23.9. The Morgan fingerprint density at radius 1 is 0.363 bits per heavy atom. The highest BCUT2D eigenvalue weighted by Gasteiger charge is 2.26. The number of nitrogens with zero attached hydrogens (tertiary/aromatic N) is 6. The number of rotatable bonds is 19. The van der Waals surface area contributed by atoms with Gasteiger partial charge >= 0.3 is 5.97 Å². The monoisotopic (exact) mass is 1360 g/mol. The predicted molar refractivity (Wildman–Crippen MR) is 394 cm³/mol. The van der Waals surface area contributed by atoms with Crippen LogP contribution in [0.2, 0.25) is 0 Å². The van der Waals surface area contributed by atoms with E-state index in [4.69, 9.17) is 39.1 Å². The molecule has 23 nitrogen and oxygen atoms in total. The van der Waals surface area contributed by atoms with Crippen molar-refractivity contribution in [3.8, 4) is 50.8 Å². The molecule has 12 rings (SSSR count). The predicted octanol–water partition coefficient (Wildman–Crippen LogP) is 10.8. The average Bonchev–Trinajstić information content (AvgIpc) is 1.63. The van der Waals surface area contributed by atoms with Crippen molar-refractivity contribution < 1.29 is 38.3 Å². The van der Waals surface area contributed by atoms with E-state index in [2.05, 4.69) is 31.2 Å². The fourth-order valence-electron chi connectivity index (χ4n) is 11.2. The zero-order valence-corrected chi connectivity index (χ0v) is 56.8. The van der Waals surface area contributed by atoms with E-state index >= 15 is 0 Å². The molecular weight excluding hydrogens is 1290 g/mol. The molecule has 3 aromatic heterocycles. The molecule has 3 heterocycles. The number of ether oxygens (including phenoxy) is 1. The lowest BCUT2D eigenvalue weighted by Crippen LogP contribution is -2.23. The summed E-state index contributed by atoms with van der Waals surface area (Å²) >= 11 is 0. The number of para-hydroxylation sites is 1. The van der Waals surface area contributed by atoms with Gasteiger partial charge in [0.15, 0.2) is 0 Å². The van der Waals surface area contributed by atoms with Crippen LogP contribution in [0.25, 0.3) is 50.8 Å². The van der Waals surface area contributed by atoms with Crippen molar-refractivity contribution in [2.75, 3.05) is 24.3 Å². The maximum Gasteiger partial charge on any atom is 0.337 e. The molecule has 514 valence electrons. The zero-order chi connectivity index (χ0) is 72.9. The molecule has 102 heavy (non-hydrogen) atoms. The summed E-state index contributed by atoms with van der Waals surface area (Å²) in [6, 6.07) is 66.1. The summed E-state index contributed by atoms with van der Waals surface area (Å²) in [7, 11) is 1.30. The standard InChI is InChI=1S/C27H25N5O4.2C26H25N5O2/c1-16-5-3-4-6-21(16)26(34)30-15-17-7-9-18(10-8-17)23-22(25(29)33)24(28)32(31-23)20-13-11-19(12-14-20)27(35)36-2;1-16-7-3-5-9-20(16)26(33)29-15-18-11-13-19(14-12-18)23-22(25(28)32)24(27)31(30-23)21-10-6-4-8-17(21)2;1-16-7-13-20(14-8-16)31-24(27)22(25(28)32)23(30-31)19-11-9-18(10-12-19)15-29-26(33)21-6-4-3-5-17(21)2/h3-14H,15,28H2,1-2H3,(H2,29,33)(H,30,34);2*3-14H,15,27H2,1-2H3,(H2,28,32)(H,29,33). The lowest BCUT2D eigenvalue weighted by molar-refractivity contribution is 0.0599. The third-order valence-electron chi connectivity index (χ3n) is 16.9. The summed E-state index contributed by atoms with van der Waals surface area (Å²) in [5.74, 6) is -2.41. The Balaban J connectivity index is 0.000000165. The Morgan fingerprint density at radius 3 is 0.971 bits per heavy atom. The van der Waals surface area contributed by atoms with Crippen LogP contribution in [0.3, 0.4) is 0 Å². The minimum absolute atomic E-state index is 0.0814. The maximum atomic E-state index is 12.5. The Kier molecular flexibility index (Phi) is 22.1. The first-order chi connectivity index (χ1) is 49.0. The van der Waals surface area contributed by atoms with Crippen LogP contribution in [0.4, 0.5) is 17.5 Å². The summed E-state index contributed by atoms with van der Waals surface area (Å²) in [6.07, 6.45) is 0. The quantitative estimate of drug-likeness (QED) is 0.0340. The first-order valence-electron chi connectivity index (χ1n) is 32.2. The first kappa shape index (κ1) is 71.1. The molecule has 0 atom stereocenters. The number of primary amides is 3. The molecule has 0 aliphatic heterocycles. The highest BCUT2D eigenvalue weighted by Crippen LogP contribution is 2.33. The van der Waals surface area contributed by atoms with Crippen LogP contribution in [-0.2, 0) is 24.4 Å². The third kappa shape index (κ3) is 16.1. The number of aromatic nitrogens is 6. The topological polar surface area (TPSA) is 374 Å². The molecule has 6 amide bonds. The fourth-order valence-corrected chi connectivity index (χ4v) is 11.2. The van der Waals surface area contributed by atoms with Crippen molar-refractivity contribution in [1.82, 2.24) is 45.3 Å². The molecule has 0 saturated carbocycles. The number of benzene rings is 9. The second kappa shape index (κ2) is 31.7. The fraction of sp³-hybridized carbons (Fsp3) is 0.114. The summed E-state index contributed by atoms with van der Waals surface area (Å²) in [5.41, 5.74) is 51.1. The number of nitrogen functional groups attached to an aromatic ring is 3. The molecule has 0 saturated heterocycles. The number of hydrogen-bond acceptors (Lipinski definition) is 14. The minimum atomic E-state index is -0.713. The molecule has 0 bridgehead atoms. The summed E-state index contributed by atoms with van der Waals surface area (Å²) in [4.78, 5) is 85.7. The summed E-state index contributed by atoms with van der Waals surface area (Å²) in [5, 5.41) is 22.5. The number of amides is 6. The van der Waals surface area contributed by atoms with E-state index in [-0.39, 0.29) is 51.9 Å². The molecule has 0 unspecified atom stereocenters. The van der Waals surface area contributed by atoms with Crippen molar-refractivity contribution in [3.63, 3.8) is 0 Å². The van der Waals surface area contributed by atoms with Gasteiger partial charge in [0.1, 0.15) is 51.2 Å². The van der Waals surface area contributed by atoms with Gasteiger partial charge in [0, 0.05) is 53.0 Å². The lowest BCUT2D eigenvalue weighted by Gasteiger charge is -2.08. The van der Waals surface area contributed by atoms with Crippen molar-refractivity contribution in [2.45, 2.75) is 54.3 Å². The van der Waals surface area contributed by atoms with Crippen LogP contribution < -0.4 is 50.4 Å². The Hall–Kier alpha value is -13.7. The van der Waals surface area contributed by atoms with Gasteiger partial charge in [-0.2, -0.15) is 15.3 Å². The van der Waals surface area contributed by atoms with Crippen molar-refractivity contribution >= 4 is 58.9 Å². The van der Waals surface area contributed by atoms with E-state index in [1.165, 1.54) is 16.5 Å². The van der Waals surface area contributed by atoms with Gasteiger partial charge in [-0.15, -0.1) is 0 Å². The Morgan fingerprint density at radius 2 is 0.657 bits per heavy atom. The molecule has 0 radical (unpaired) electrons. The van der Waals surface area contributed by atoms with Crippen molar-refractivity contribution in [1.29, 1.82) is 0 Å². The van der Waals surface area contributed by atoms with E-state index in [9.17, 15) is 33.6 Å². The van der Waals surface area contributed by atoms with E-state index in [0.29, 0.717) is 81.3 Å². The normalized spacial score (nSPS) is 10.7. The van der Waals surface area contributed by atoms with E-state index in [1.54, 1.807) is 59.3 Å². The largest absolute Gasteiger partial charge is 0.465 e.